The van der Waals surface area contributed by atoms with Crippen LogP contribution in [0, 0.1) is 12.3 Å². The molecule has 9 nitrogen and oxygen atoms in total. The molecule has 0 aromatic carbocycles. The molecule has 3 heterocycles. The van der Waals surface area contributed by atoms with Crippen molar-refractivity contribution in [2.75, 3.05) is 18.6 Å². The van der Waals surface area contributed by atoms with E-state index < -0.39 is 0 Å². The average Bonchev–Trinajstić information content (AvgIpc) is 3.09. The summed E-state index contributed by atoms with van der Waals surface area (Å²) in [5.74, 6) is 5.42. The van der Waals surface area contributed by atoms with Crippen molar-refractivity contribution in [1.82, 2.24) is 30.7 Å². The zero-order valence-electron chi connectivity index (χ0n) is 17.2. The highest BCUT2D eigenvalue weighted by Gasteiger charge is 2.39. The van der Waals surface area contributed by atoms with E-state index in [2.05, 4.69) is 62.3 Å². The van der Waals surface area contributed by atoms with E-state index in [4.69, 9.17) is 10.9 Å². The Hall–Kier alpha value is -2.25. The van der Waals surface area contributed by atoms with E-state index in [-0.39, 0.29) is 17.6 Å². The van der Waals surface area contributed by atoms with Crippen molar-refractivity contribution in [2.45, 2.75) is 63.7 Å². The molecule has 1 aliphatic heterocycles. The topological polar surface area (TPSA) is 106 Å². The smallest absolute Gasteiger partial charge is 0.193 e. The zero-order valence-corrected chi connectivity index (χ0v) is 18.0. The van der Waals surface area contributed by atoms with Gasteiger partial charge >= 0.3 is 0 Å². The fourth-order valence-corrected chi connectivity index (χ4v) is 3.47. The first-order valence-electron chi connectivity index (χ1n) is 9.91. The fraction of sp³-hybridized carbons (Fsp3) is 0.684. The van der Waals surface area contributed by atoms with Gasteiger partial charge in [0.25, 0.3) is 0 Å². The summed E-state index contributed by atoms with van der Waals surface area (Å²) in [7, 11) is 0. The first kappa shape index (κ1) is 21.5. The number of rotatable bonds is 13. The van der Waals surface area contributed by atoms with Crippen LogP contribution in [-0.2, 0) is 6.54 Å². The summed E-state index contributed by atoms with van der Waals surface area (Å²) in [5.41, 5.74) is 0.574. The maximum atomic E-state index is 5.66. The summed E-state index contributed by atoms with van der Waals surface area (Å²) < 4.78 is 7.50. The lowest BCUT2D eigenvalue weighted by atomic mass is 10.0. The van der Waals surface area contributed by atoms with Crippen molar-refractivity contribution >= 4 is 11.8 Å². The zero-order chi connectivity index (χ0) is 20.7. The highest BCUT2D eigenvalue weighted by Crippen LogP contribution is 2.36. The van der Waals surface area contributed by atoms with Gasteiger partial charge in [-0.15, -0.1) is 17.4 Å². The highest BCUT2D eigenvalue weighted by atomic mass is 32.2. The van der Waals surface area contributed by atoms with Crippen LogP contribution in [0.1, 0.15) is 68.8 Å². The predicted octanol–water partition coefficient (Wildman–Crippen LogP) is 3.18. The van der Waals surface area contributed by atoms with Crippen LogP contribution >= 0.6 is 11.8 Å². The predicted molar refractivity (Wildman–Crippen MR) is 112 cm³/mol. The van der Waals surface area contributed by atoms with E-state index in [1.165, 1.54) is 0 Å². The lowest BCUT2D eigenvalue weighted by molar-refractivity contribution is 0.334. The molecular formula is C19H28N8OS. The molecule has 0 spiro atoms. The van der Waals surface area contributed by atoms with E-state index in [0.717, 1.165) is 43.1 Å². The Morgan fingerprint density at radius 2 is 2.17 bits per heavy atom. The first-order valence-corrected chi connectivity index (χ1v) is 11.3. The monoisotopic (exact) mass is 416 g/mol. The summed E-state index contributed by atoms with van der Waals surface area (Å²) in [6.07, 6.45) is 10.7. The van der Waals surface area contributed by atoms with Crippen LogP contribution in [0.3, 0.4) is 0 Å². The molecule has 29 heavy (non-hydrogen) atoms. The largest absolute Gasteiger partial charge is 0.359 e. The second-order valence-corrected chi connectivity index (χ2v) is 8.42. The Kier molecular flexibility index (Phi) is 7.39. The average molecular weight is 417 g/mol. The van der Waals surface area contributed by atoms with Crippen LogP contribution in [0.25, 0.3) is 0 Å². The van der Waals surface area contributed by atoms with Gasteiger partial charge in [0.05, 0.1) is 5.69 Å². The number of thioether (sulfide) groups is 1. The van der Waals surface area contributed by atoms with Gasteiger partial charge in [0.15, 0.2) is 17.2 Å². The molecule has 3 rings (SSSR count). The minimum atomic E-state index is -0.335. The molecule has 0 saturated heterocycles. The summed E-state index contributed by atoms with van der Waals surface area (Å²) >= 11 is 1.81. The van der Waals surface area contributed by atoms with Gasteiger partial charge in [-0.2, -0.15) is 22.0 Å². The molecule has 1 unspecified atom stereocenters. The number of terminal acetylenes is 1. The van der Waals surface area contributed by atoms with Crippen molar-refractivity contribution in [1.29, 1.82) is 0 Å². The molecule has 156 valence electrons. The molecule has 0 aliphatic carbocycles. The van der Waals surface area contributed by atoms with E-state index in [1.54, 1.807) is 0 Å². The number of nitrogens with zero attached hydrogens (tertiary/aromatic N) is 7. The second-order valence-electron chi connectivity index (χ2n) is 7.44. The van der Waals surface area contributed by atoms with Crippen LogP contribution < -0.4 is 5.32 Å². The molecule has 2 aromatic rings. The Bertz CT molecular complexity index is 847. The Morgan fingerprint density at radius 1 is 1.34 bits per heavy atom. The summed E-state index contributed by atoms with van der Waals surface area (Å²) in [6.45, 7) is 5.60. The van der Waals surface area contributed by atoms with Crippen LogP contribution in [0.5, 0.6) is 0 Å². The summed E-state index contributed by atoms with van der Waals surface area (Å²) in [4.78, 5) is 0. The maximum absolute atomic E-state index is 5.66. The molecule has 2 aromatic heterocycles. The van der Waals surface area contributed by atoms with Crippen LogP contribution in [0.2, 0.25) is 0 Å². The van der Waals surface area contributed by atoms with Gasteiger partial charge in [-0.25, -0.2) is 4.68 Å². The molecule has 0 radical (unpaired) electrons. The van der Waals surface area contributed by atoms with Crippen molar-refractivity contribution in [3.63, 3.8) is 0 Å². The van der Waals surface area contributed by atoms with Gasteiger partial charge < -0.3 is 9.84 Å². The SMILES string of the molecule is C#CCCC1(CCNC(c2cc(C(C)C)no2)c2nnnn2CCCSC)N=N1. The highest BCUT2D eigenvalue weighted by molar-refractivity contribution is 7.98. The van der Waals surface area contributed by atoms with Crippen molar-refractivity contribution in [3.05, 3.63) is 23.3 Å². The van der Waals surface area contributed by atoms with Crippen molar-refractivity contribution < 1.29 is 4.52 Å². The molecule has 0 fully saturated rings. The number of hydrogen-bond donors (Lipinski definition) is 1. The van der Waals surface area contributed by atoms with E-state index in [0.29, 0.717) is 18.7 Å². The van der Waals surface area contributed by atoms with Gasteiger partial charge in [-0.3, -0.25) is 0 Å². The Labute approximate surface area is 175 Å². The Morgan fingerprint density at radius 3 is 2.83 bits per heavy atom. The number of aryl methyl sites for hydroxylation is 1. The van der Waals surface area contributed by atoms with Gasteiger partial charge in [0.1, 0.15) is 6.04 Å². The van der Waals surface area contributed by atoms with E-state index in [9.17, 15) is 0 Å². The Balaban J connectivity index is 1.72. The third-order valence-electron chi connectivity index (χ3n) is 4.89. The van der Waals surface area contributed by atoms with Crippen LogP contribution in [0.4, 0.5) is 0 Å². The third kappa shape index (κ3) is 5.64. The molecule has 0 amide bonds. The normalized spacial score (nSPS) is 15.6. The van der Waals surface area contributed by atoms with Crippen LogP contribution in [-0.4, -0.2) is 49.6 Å². The molecular weight excluding hydrogens is 388 g/mol. The molecule has 1 N–H and O–H groups in total. The molecule has 10 heteroatoms. The minimum absolute atomic E-state index is 0.279. The van der Waals surface area contributed by atoms with E-state index in [1.807, 2.05) is 22.5 Å². The molecule has 0 bridgehead atoms. The van der Waals surface area contributed by atoms with Gasteiger partial charge in [0.2, 0.25) is 0 Å². The van der Waals surface area contributed by atoms with Crippen molar-refractivity contribution in [2.24, 2.45) is 10.2 Å². The summed E-state index contributed by atoms with van der Waals surface area (Å²) in [5, 5.41) is 28.5. The quantitative estimate of drug-likeness (QED) is 0.395. The van der Waals surface area contributed by atoms with Gasteiger partial charge in [0, 0.05) is 38.4 Å². The molecule has 0 saturated carbocycles. The second kappa shape index (κ2) is 9.98. The number of aromatic nitrogens is 5. The van der Waals surface area contributed by atoms with Gasteiger partial charge in [-0.1, -0.05) is 19.0 Å². The fourth-order valence-electron chi connectivity index (χ4n) is 3.05. The standard InChI is InChI=1S/C19H28N8OS/c1-5-6-8-19(23-24-19)9-10-20-17(16-13-15(14(2)3)22-28-16)18-21-25-26-27(18)11-7-12-29-4/h1,13-14,17,20H,6-12H2,2-4H3. The lowest BCUT2D eigenvalue weighted by Gasteiger charge is -2.17. The number of tetrazole rings is 1. The number of nitrogens with one attached hydrogen (secondary N) is 1. The molecule has 1 atom stereocenters. The van der Waals surface area contributed by atoms with Crippen LogP contribution in [0.15, 0.2) is 20.8 Å². The lowest BCUT2D eigenvalue weighted by Crippen LogP contribution is -2.29. The van der Waals surface area contributed by atoms with Gasteiger partial charge in [-0.05, 0) is 34.8 Å². The molecule has 1 aliphatic rings. The maximum Gasteiger partial charge on any atom is 0.193 e. The minimum Gasteiger partial charge on any atom is -0.359 e. The van der Waals surface area contributed by atoms with E-state index >= 15 is 0 Å². The van der Waals surface area contributed by atoms with Crippen molar-refractivity contribution in [3.8, 4) is 12.3 Å². The first-order chi connectivity index (χ1) is 14.1. The summed E-state index contributed by atoms with van der Waals surface area (Å²) in [6, 6.07) is 1.69. The third-order valence-corrected chi connectivity index (χ3v) is 5.58. The number of hydrogen-bond acceptors (Lipinski definition) is 9.